The molecule has 0 aliphatic rings. The second-order valence-electron chi connectivity index (χ2n) is 4.90. The van der Waals surface area contributed by atoms with Crippen LogP contribution in [0.15, 0.2) is 50.7 Å². The molecular weight excluding hydrogens is 330 g/mol. The SMILES string of the molecule is CCNCc1ccc(Sc2ccc(C)cc2C)cc1Br. The van der Waals surface area contributed by atoms with E-state index < -0.39 is 0 Å². The van der Waals surface area contributed by atoms with Gasteiger partial charge in [-0.25, -0.2) is 0 Å². The molecule has 0 heterocycles. The minimum Gasteiger partial charge on any atom is -0.313 e. The summed E-state index contributed by atoms with van der Waals surface area (Å²) in [6.07, 6.45) is 0. The third-order valence-corrected chi connectivity index (χ3v) is 5.05. The quantitative estimate of drug-likeness (QED) is 0.783. The third-order valence-electron chi connectivity index (χ3n) is 3.15. The summed E-state index contributed by atoms with van der Waals surface area (Å²) in [6, 6.07) is 13.2. The van der Waals surface area contributed by atoms with Gasteiger partial charge in [0.15, 0.2) is 0 Å². The molecule has 106 valence electrons. The van der Waals surface area contributed by atoms with E-state index in [1.54, 1.807) is 0 Å². The number of nitrogens with one attached hydrogen (secondary N) is 1. The predicted molar refractivity (Wildman–Crippen MR) is 91.6 cm³/mol. The maximum Gasteiger partial charge on any atom is 0.0231 e. The molecule has 0 aliphatic carbocycles. The molecule has 2 aromatic carbocycles. The molecule has 3 heteroatoms. The van der Waals surface area contributed by atoms with Crippen molar-refractivity contribution in [2.45, 2.75) is 37.1 Å². The molecule has 0 saturated carbocycles. The second kappa shape index (κ2) is 7.30. The van der Waals surface area contributed by atoms with Gasteiger partial charge in [0.05, 0.1) is 0 Å². The lowest BCUT2D eigenvalue weighted by Crippen LogP contribution is -2.11. The van der Waals surface area contributed by atoms with Crippen molar-refractivity contribution in [2.75, 3.05) is 6.54 Å². The van der Waals surface area contributed by atoms with Crippen LogP contribution in [-0.4, -0.2) is 6.54 Å². The van der Waals surface area contributed by atoms with Crippen LogP contribution in [-0.2, 0) is 6.54 Å². The molecule has 0 bridgehead atoms. The van der Waals surface area contributed by atoms with Crippen molar-refractivity contribution in [3.05, 3.63) is 57.6 Å². The van der Waals surface area contributed by atoms with Crippen LogP contribution in [0.4, 0.5) is 0 Å². The Kier molecular flexibility index (Phi) is 5.70. The lowest BCUT2D eigenvalue weighted by Gasteiger charge is -2.09. The summed E-state index contributed by atoms with van der Waals surface area (Å²) in [5, 5.41) is 3.35. The molecule has 0 radical (unpaired) electrons. The van der Waals surface area contributed by atoms with E-state index in [1.807, 2.05) is 11.8 Å². The fourth-order valence-electron chi connectivity index (χ4n) is 2.04. The monoisotopic (exact) mass is 349 g/mol. The summed E-state index contributed by atoms with van der Waals surface area (Å²) < 4.78 is 1.17. The van der Waals surface area contributed by atoms with Gasteiger partial charge in [-0.2, -0.15) is 0 Å². The average Bonchev–Trinajstić information content (AvgIpc) is 2.41. The van der Waals surface area contributed by atoms with Gasteiger partial charge in [0, 0.05) is 20.8 Å². The molecule has 0 aromatic heterocycles. The van der Waals surface area contributed by atoms with Crippen molar-refractivity contribution in [3.8, 4) is 0 Å². The second-order valence-corrected chi connectivity index (χ2v) is 6.87. The van der Waals surface area contributed by atoms with Gasteiger partial charge in [-0.3, -0.25) is 0 Å². The smallest absolute Gasteiger partial charge is 0.0231 e. The van der Waals surface area contributed by atoms with Crippen LogP contribution in [0.2, 0.25) is 0 Å². The van der Waals surface area contributed by atoms with Crippen molar-refractivity contribution in [1.29, 1.82) is 0 Å². The fourth-order valence-corrected chi connectivity index (χ4v) is 3.63. The third kappa shape index (κ3) is 4.11. The largest absolute Gasteiger partial charge is 0.313 e. The molecule has 0 amide bonds. The van der Waals surface area contributed by atoms with Crippen molar-refractivity contribution >= 4 is 27.7 Å². The lowest BCUT2D eigenvalue weighted by atomic mass is 10.2. The topological polar surface area (TPSA) is 12.0 Å². The van der Waals surface area contributed by atoms with E-state index in [0.29, 0.717) is 0 Å². The minimum absolute atomic E-state index is 0.908. The van der Waals surface area contributed by atoms with Crippen LogP contribution in [0.3, 0.4) is 0 Å². The molecule has 2 rings (SSSR count). The van der Waals surface area contributed by atoms with Crippen molar-refractivity contribution < 1.29 is 0 Å². The number of rotatable bonds is 5. The van der Waals surface area contributed by atoms with Crippen LogP contribution in [0.5, 0.6) is 0 Å². The normalized spacial score (nSPS) is 10.8. The highest BCUT2D eigenvalue weighted by atomic mass is 79.9. The van der Waals surface area contributed by atoms with Gasteiger partial charge in [0.2, 0.25) is 0 Å². The minimum atomic E-state index is 0.908. The van der Waals surface area contributed by atoms with Crippen molar-refractivity contribution in [1.82, 2.24) is 5.32 Å². The van der Waals surface area contributed by atoms with E-state index in [1.165, 1.54) is 31.0 Å². The molecular formula is C17H20BrNS. The van der Waals surface area contributed by atoms with E-state index in [9.17, 15) is 0 Å². The first-order valence-corrected chi connectivity index (χ1v) is 8.45. The van der Waals surface area contributed by atoms with Gasteiger partial charge in [-0.15, -0.1) is 0 Å². The molecule has 1 nitrogen and oxygen atoms in total. The molecule has 1 N–H and O–H groups in total. The summed E-state index contributed by atoms with van der Waals surface area (Å²) in [7, 11) is 0. The predicted octanol–water partition coefficient (Wildman–Crippen LogP) is 5.33. The maximum absolute atomic E-state index is 3.67. The Balaban J connectivity index is 2.15. The summed E-state index contributed by atoms with van der Waals surface area (Å²) in [5.41, 5.74) is 3.95. The number of hydrogen-bond donors (Lipinski definition) is 1. The first-order chi connectivity index (χ1) is 9.60. The van der Waals surface area contributed by atoms with Crippen molar-refractivity contribution in [2.24, 2.45) is 0 Å². The van der Waals surface area contributed by atoms with Gasteiger partial charge in [-0.05, 0) is 49.7 Å². The van der Waals surface area contributed by atoms with Gasteiger partial charge in [-0.1, -0.05) is 58.4 Å². The summed E-state index contributed by atoms with van der Waals surface area (Å²) in [4.78, 5) is 2.59. The highest BCUT2D eigenvalue weighted by Gasteiger charge is 2.05. The van der Waals surface area contributed by atoms with Gasteiger partial charge >= 0.3 is 0 Å². The highest BCUT2D eigenvalue weighted by molar-refractivity contribution is 9.10. The lowest BCUT2D eigenvalue weighted by molar-refractivity contribution is 0.724. The Morgan fingerprint density at radius 1 is 1.10 bits per heavy atom. The molecule has 0 atom stereocenters. The van der Waals surface area contributed by atoms with Gasteiger partial charge in [0.1, 0.15) is 0 Å². The average molecular weight is 350 g/mol. The van der Waals surface area contributed by atoms with Crippen LogP contribution in [0, 0.1) is 13.8 Å². The molecule has 0 saturated heterocycles. The molecule has 0 unspecified atom stereocenters. The highest BCUT2D eigenvalue weighted by Crippen LogP contribution is 2.33. The van der Waals surface area contributed by atoms with E-state index in [-0.39, 0.29) is 0 Å². The van der Waals surface area contributed by atoms with E-state index >= 15 is 0 Å². The number of halogens is 1. The number of benzene rings is 2. The zero-order valence-corrected chi connectivity index (χ0v) is 14.6. The standard InChI is InChI=1S/C17H20BrNS/c1-4-19-11-14-6-7-15(10-16(14)18)20-17-8-5-12(2)9-13(17)3/h5-10,19H,4,11H2,1-3H3. The first kappa shape index (κ1) is 15.6. The van der Waals surface area contributed by atoms with E-state index in [2.05, 4.69) is 78.4 Å². The Hall–Kier alpha value is -0.770. The first-order valence-electron chi connectivity index (χ1n) is 6.84. The van der Waals surface area contributed by atoms with Gasteiger partial charge < -0.3 is 5.32 Å². The Morgan fingerprint density at radius 2 is 1.90 bits per heavy atom. The van der Waals surface area contributed by atoms with Crippen LogP contribution in [0.1, 0.15) is 23.6 Å². The zero-order valence-electron chi connectivity index (χ0n) is 12.2. The van der Waals surface area contributed by atoms with Crippen LogP contribution in [0.25, 0.3) is 0 Å². The van der Waals surface area contributed by atoms with E-state index in [4.69, 9.17) is 0 Å². The molecule has 0 fully saturated rings. The number of aryl methyl sites for hydroxylation is 2. The molecule has 0 spiro atoms. The Labute approximate surface area is 134 Å². The summed E-state index contributed by atoms with van der Waals surface area (Å²) in [6.45, 7) is 8.33. The number of hydrogen-bond acceptors (Lipinski definition) is 2. The Morgan fingerprint density at radius 3 is 2.55 bits per heavy atom. The zero-order chi connectivity index (χ0) is 14.5. The summed E-state index contributed by atoms with van der Waals surface area (Å²) >= 11 is 5.49. The summed E-state index contributed by atoms with van der Waals surface area (Å²) in [5.74, 6) is 0. The van der Waals surface area contributed by atoms with Crippen LogP contribution < -0.4 is 5.32 Å². The van der Waals surface area contributed by atoms with Crippen LogP contribution >= 0.6 is 27.7 Å². The fraction of sp³-hybridized carbons (Fsp3) is 0.294. The Bertz CT molecular complexity index is 596. The molecule has 2 aromatic rings. The van der Waals surface area contributed by atoms with Crippen molar-refractivity contribution in [3.63, 3.8) is 0 Å². The van der Waals surface area contributed by atoms with E-state index in [0.717, 1.165) is 13.1 Å². The molecule has 20 heavy (non-hydrogen) atoms. The van der Waals surface area contributed by atoms with Gasteiger partial charge in [0.25, 0.3) is 0 Å². The molecule has 0 aliphatic heterocycles. The maximum atomic E-state index is 3.67.